The van der Waals surface area contributed by atoms with E-state index >= 15 is 0 Å². The van der Waals surface area contributed by atoms with Crippen molar-refractivity contribution < 1.29 is 9.59 Å². The van der Waals surface area contributed by atoms with Crippen LogP contribution in [-0.2, 0) is 24.1 Å². The van der Waals surface area contributed by atoms with Crippen molar-refractivity contribution in [1.29, 1.82) is 0 Å². The Labute approximate surface area is 163 Å². The van der Waals surface area contributed by atoms with Crippen molar-refractivity contribution in [3.63, 3.8) is 0 Å². The molecule has 5 nitrogen and oxygen atoms in total. The lowest BCUT2D eigenvalue weighted by atomic mass is 9.88. The number of carbonyl (C=O) groups excluding carboxylic acids is 2. The van der Waals surface area contributed by atoms with E-state index in [1.165, 1.54) is 27.3 Å². The zero-order valence-electron chi connectivity index (χ0n) is 15.3. The van der Waals surface area contributed by atoms with Gasteiger partial charge in [-0.15, -0.1) is 11.3 Å². The Morgan fingerprint density at radius 3 is 2.78 bits per heavy atom. The van der Waals surface area contributed by atoms with E-state index in [9.17, 15) is 9.59 Å². The number of rotatable bonds is 5. The molecule has 6 heteroatoms. The fourth-order valence-corrected chi connectivity index (χ4v) is 5.58. The van der Waals surface area contributed by atoms with Gasteiger partial charge < -0.3 is 16.4 Å². The van der Waals surface area contributed by atoms with Crippen LogP contribution in [0.3, 0.4) is 0 Å². The predicted octanol–water partition coefficient (Wildman–Crippen LogP) is 3.33. The van der Waals surface area contributed by atoms with Crippen molar-refractivity contribution in [3.05, 3.63) is 51.4 Å². The van der Waals surface area contributed by atoms with E-state index in [0.29, 0.717) is 10.6 Å². The first-order valence-electron chi connectivity index (χ1n) is 9.69. The highest BCUT2D eigenvalue weighted by Crippen LogP contribution is 2.38. The van der Waals surface area contributed by atoms with Crippen LogP contribution in [0.25, 0.3) is 0 Å². The highest BCUT2D eigenvalue weighted by molar-refractivity contribution is 7.17. The maximum absolute atomic E-state index is 12.5. The van der Waals surface area contributed by atoms with E-state index in [4.69, 9.17) is 5.73 Å². The van der Waals surface area contributed by atoms with Crippen LogP contribution in [0.1, 0.15) is 63.7 Å². The molecule has 0 radical (unpaired) electrons. The molecule has 0 saturated carbocycles. The second kappa shape index (κ2) is 7.82. The number of nitrogens with one attached hydrogen (secondary N) is 2. The van der Waals surface area contributed by atoms with E-state index < -0.39 is 5.91 Å². The molecule has 142 valence electrons. The molecule has 2 aliphatic carbocycles. The summed E-state index contributed by atoms with van der Waals surface area (Å²) in [7, 11) is 0. The Morgan fingerprint density at radius 1 is 1.11 bits per heavy atom. The van der Waals surface area contributed by atoms with Crippen LogP contribution in [0.5, 0.6) is 0 Å². The van der Waals surface area contributed by atoms with Gasteiger partial charge in [-0.25, -0.2) is 0 Å². The summed E-state index contributed by atoms with van der Waals surface area (Å²) in [6, 6.07) is 8.63. The zero-order valence-corrected chi connectivity index (χ0v) is 16.2. The summed E-state index contributed by atoms with van der Waals surface area (Å²) < 4.78 is 0. The molecule has 1 aromatic carbocycles. The lowest BCUT2D eigenvalue weighted by Gasteiger charge is -2.26. The highest BCUT2D eigenvalue weighted by Gasteiger charge is 2.25. The first-order valence-corrected chi connectivity index (χ1v) is 10.5. The topological polar surface area (TPSA) is 84.2 Å². The lowest BCUT2D eigenvalue weighted by Crippen LogP contribution is -2.33. The first kappa shape index (κ1) is 18.2. The fourth-order valence-electron chi connectivity index (χ4n) is 4.27. The predicted molar refractivity (Wildman–Crippen MR) is 108 cm³/mol. The molecule has 0 bridgehead atoms. The molecule has 1 aromatic heterocycles. The number of hydrogen-bond donors (Lipinski definition) is 3. The average Bonchev–Trinajstić information content (AvgIpc) is 3.04. The molecule has 1 heterocycles. The zero-order chi connectivity index (χ0) is 18.8. The molecule has 4 rings (SSSR count). The van der Waals surface area contributed by atoms with Gasteiger partial charge in [0, 0.05) is 10.9 Å². The lowest BCUT2D eigenvalue weighted by molar-refractivity contribution is -0.115. The number of amides is 2. The van der Waals surface area contributed by atoms with Crippen LogP contribution in [-0.4, -0.2) is 18.4 Å². The molecule has 0 saturated heterocycles. The summed E-state index contributed by atoms with van der Waals surface area (Å²) >= 11 is 1.51. The molecule has 2 aromatic rings. The number of primary amides is 1. The van der Waals surface area contributed by atoms with E-state index in [1.54, 1.807) is 0 Å². The van der Waals surface area contributed by atoms with Crippen molar-refractivity contribution >= 4 is 28.2 Å². The highest BCUT2D eigenvalue weighted by atomic mass is 32.1. The molecule has 1 atom stereocenters. The summed E-state index contributed by atoms with van der Waals surface area (Å²) in [5.41, 5.74) is 9.82. The van der Waals surface area contributed by atoms with E-state index in [0.717, 1.165) is 50.5 Å². The van der Waals surface area contributed by atoms with E-state index in [-0.39, 0.29) is 18.5 Å². The number of benzene rings is 1. The van der Waals surface area contributed by atoms with Crippen LogP contribution < -0.4 is 16.4 Å². The number of hydrogen-bond acceptors (Lipinski definition) is 4. The molecule has 4 N–H and O–H groups in total. The monoisotopic (exact) mass is 383 g/mol. The van der Waals surface area contributed by atoms with Crippen molar-refractivity contribution in [2.45, 2.75) is 51.0 Å². The van der Waals surface area contributed by atoms with Crippen LogP contribution in [0.15, 0.2) is 24.3 Å². The Balaban J connectivity index is 1.44. The third-order valence-corrected chi connectivity index (χ3v) is 6.76. The van der Waals surface area contributed by atoms with Gasteiger partial charge in [-0.2, -0.15) is 0 Å². The molecule has 0 spiro atoms. The maximum Gasteiger partial charge on any atom is 0.251 e. The second-order valence-electron chi connectivity index (χ2n) is 7.35. The number of thiophene rings is 1. The van der Waals surface area contributed by atoms with Gasteiger partial charge in [0.1, 0.15) is 5.00 Å². The third-order valence-electron chi connectivity index (χ3n) is 5.55. The van der Waals surface area contributed by atoms with Gasteiger partial charge in [-0.05, 0) is 61.6 Å². The Bertz CT molecular complexity index is 874. The van der Waals surface area contributed by atoms with Gasteiger partial charge in [0.25, 0.3) is 5.91 Å². The molecule has 2 aliphatic rings. The van der Waals surface area contributed by atoms with Gasteiger partial charge in [0.05, 0.1) is 12.1 Å². The van der Waals surface area contributed by atoms with E-state index in [2.05, 4.69) is 28.8 Å². The van der Waals surface area contributed by atoms with Crippen LogP contribution >= 0.6 is 11.3 Å². The van der Waals surface area contributed by atoms with Crippen molar-refractivity contribution in [2.24, 2.45) is 5.73 Å². The van der Waals surface area contributed by atoms with Crippen LogP contribution in [0.2, 0.25) is 0 Å². The first-order chi connectivity index (χ1) is 13.1. The summed E-state index contributed by atoms with van der Waals surface area (Å²) in [6.45, 7) is 0.222. The van der Waals surface area contributed by atoms with Gasteiger partial charge in [0.15, 0.2) is 0 Å². The fraction of sp³-hybridized carbons (Fsp3) is 0.429. The van der Waals surface area contributed by atoms with Gasteiger partial charge in [0.2, 0.25) is 5.91 Å². The normalized spacial score (nSPS) is 18.4. The average molecular weight is 384 g/mol. The van der Waals surface area contributed by atoms with Crippen molar-refractivity contribution in [1.82, 2.24) is 5.32 Å². The summed E-state index contributed by atoms with van der Waals surface area (Å²) in [5, 5.41) is 6.93. The molecular formula is C21H25N3O2S. The van der Waals surface area contributed by atoms with Crippen molar-refractivity contribution in [3.8, 4) is 0 Å². The molecule has 27 heavy (non-hydrogen) atoms. The van der Waals surface area contributed by atoms with E-state index in [1.807, 2.05) is 6.07 Å². The molecule has 2 amide bonds. The SMILES string of the molecule is NC(=O)c1c(NC(=O)CN[C@@H]2CCCc3ccccc32)sc2c1CCCC2. The van der Waals surface area contributed by atoms with Gasteiger partial charge in [-0.1, -0.05) is 24.3 Å². The number of fused-ring (bicyclic) bond motifs is 2. The smallest absolute Gasteiger partial charge is 0.251 e. The summed E-state index contributed by atoms with van der Waals surface area (Å²) in [6.07, 6.45) is 7.29. The summed E-state index contributed by atoms with van der Waals surface area (Å²) in [5.74, 6) is -0.571. The molecule has 0 fully saturated rings. The molecule has 0 unspecified atom stereocenters. The number of aryl methyl sites for hydroxylation is 2. The standard InChI is InChI=1S/C21H25N3O2S/c22-20(26)19-15-9-3-4-11-17(15)27-21(19)24-18(25)12-23-16-10-5-7-13-6-1-2-8-14(13)16/h1-2,6,8,16,23H,3-5,7,9-12H2,(H2,22,26)(H,24,25)/t16-/m1/s1. The second-order valence-corrected chi connectivity index (χ2v) is 8.46. The Hall–Kier alpha value is -2.18. The minimum Gasteiger partial charge on any atom is -0.365 e. The minimum atomic E-state index is -0.445. The summed E-state index contributed by atoms with van der Waals surface area (Å²) in [4.78, 5) is 25.7. The quantitative estimate of drug-likeness (QED) is 0.740. The number of nitrogens with two attached hydrogens (primary N) is 1. The minimum absolute atomic E-state index is 0.126. The maximum atomic E-state index is 12.5. The number of anilines is 1. The van der Waals surface area contributed by atoms with Gasteiger partial charge >= 0.3 is 0 Å². The van der Waals surface area contributed by atoms with Crippen molar-refractivity contribution in [2.75, 3.05) is 11.9 Å². The molecular weight excluding hydrogens is 358 g/mol. The molecule has 0 aliphatic heterocycles. The van der Waals surface area contributed by atoms with Crippen LogP contribution in [0, 0.1) is 0 Å². The largest absolute Gasteiger partial charge is 0.365 e. The Morgan fingerprint density at radius 2 is 1.93 bits per heavy atom. The van der Waals surface area contributed by atoms with Crippen LogP contribution in [0.4, 0.5) is 5.00 Å². The third kappa shape index (κ3) is 3.77. The number of carbonyl (C=O) groups is 2. The van der Waals surface area contributed by atoms with Gasteiger partial charge in [-0.3, -0.25) is 9.59 Å². The Kier molecular flexibility index (Phi) is 5.27.